The van der Waals surface area contributed by atoms with Crippen molar-refractivity contribution in [2.24, 2.45) is 5.10 Å². The summed E-state index contributed by atoms with van der Waals surface area (Å²) in [7, 11) is 0. The first-order valence-corrected chi connectivity index (χ1v) is 9.94. The quantitative estimate of drug-likeness (QED) is 0.319. The van der Waals surface area contributed by atoms with E-state index in [9.17, 15) is 9.59 Å². The molecule has 6 nitrogen and oxygen atoms in total. The molecule has 2 aromatic carbocycles. The van der Waals surface area contributed by atoms with Gasteiger partial charge in [0.15, 0.2) is 0 Å². The van der Waals surface area contributed by atoms with Gasteiger partial charge in [0.05, 0.1) is 16.9 Å². The van der Waals surface area contributed by atoms with Gasteiger partial charge in [-0.2, -0.15) is 5.10 Å². The fraction of sp³-hybridized carbons (Fsp3) is 0.0952. The Kier molecular flexibility index (Phi) is 6.82. The van der Waals surface area contributed by atoms with E-state index in [-0.39, 0.29) is 0 Å². The Balaban J connectivity index is 1.70. The maximum absolute atomic E-state index is 12.0. The number of carbonyl (C=O) groups excluding carboxylic acids is 2. The highest BCUT2D eigenvalue weighted by atomic mass is 35.5. The van der Waals surface area contributed by atoms with E-state index >= 15 is 0 Å². The van der Waals surface area contributed by atoms with E-state index in [2.05, 4.69) is 15.8 Å². The Morgan fingerprint density at radius 3 is 2.30 bits per heavy atom. The highest BCUT2D eigenvalue weighted by Gasteiger charge is 2.14. The number of aromatic nitrogens is 1. The number of hydrogen-bond acceptors (Lipinski definition) is 3. The SMILES string of the molecule is Cc1cc(/C=N\NC(=O)C(=O)Nc2ccc(Cl)cc2)c(C)n1-c1cc(Cl)ccc1Cl. The number of amides is 2. The zero-order valence-corrected chi connectivity index (χ0v) is 18.3. The van der Waals surface area contributed by atoms with Gasteiger partial charge in [0.2, 0.25) is 0 Å². The molecule has 0 aliphatic carbocycles. The van der Waals surface area contributed by atoms with Gasteiger partial charge in [-0.15, -0.1) is 0 Å². The van der Waals surface area contributed by atoms with Crippen LogP contribution in [0.1, 0.15) is 17.0 Å². The van der Waals surface area contributed by atoms with Gasteiger partial charge in [-0.25, -0.2) is 5.43 Å². The fourth-order valence-electron chi connectivity index (χ4n) is 2.88. The van der Waals surface area contributed by atoms with Gasteiger partial charge in [0.25, 0.3) is 0 Å². The Morgan fingerprint density at radius 2 is 1.60 bits per heavy atom. The molecule has 0 saturated carbocycles. The lowest BCUT2D eigenvalue weighted by Gasteiger charge is -2.12. The maximum atomic E-state index is 12.0. The molecule has 2 amide bonds. The lowest BCUT2D eigenvalue weighted by atomic mass is 10.2. The average molecular weight is 464 g/mol. The minimum absolute atomic E-state index is 0.450. The van der Waals surface area contributed by atoms with Crippen LogP contribution >= 0.6 is 34.8 Å². The normalized spacial score (nSPS) is 11.0. The smallest absolute Gasteiger partial charge is 0.318 e. The Bertz CT molecular complexity index is 1140. The molecule has 154 valence electrons. The summed E-state index contributed by atoms with van der Waals surface area (Å²) in [5.74, 6) is -1.74. The van der Waals surface area contributed by atoms with Crippen molar-refractivity contribution in [1.82, 2.24) is 9.99 Å². The van der Waals surface area contributed by atoms with Crippen LogP contribution in [-0.4, -0.2) is 22.6 Å². The number of benzene rings is 2. The highest BCUT2D eigenvalue weighted by Crippen LogP contribution is 2.28. The minimum Gasteiger partial charge on any atom is -0.318 e. The van der Waals surface area contributed by atoms with Crippen molar-refractivity contribution in [1.29, 1.82) is 0 Å². The molecule has 0 unspecified atom stereocenters. The Hall–Kier alpha value is -2.80. The van der Waals surface area contributed by atoms with Gasteiger partial charge >= 0.3 is 11.8 Å². The highest BCUT2D eigenvalue weighted by molar-refractivity contribution is 6.39. The second-order valence-electron chi connectivity index (χ2n) is 6.42. The van der Waals surface area contributed by atoms with Crippen LogP contribution in [-0.2, 0) is 9.59 Å². The molecule has 0 bridgehead atoms. The van der Waals surface area contributed by atoms with Crippen molar-refractivity contribution in [2.45, 2.75) is 13.8 Å². The largest absolute Gasteiger partial charge is 0.329 e. The van der Waals surface area contributed by atoms with Crippen molar-refractivity contribution in [3.63, 3.8) is 0 Å². The number of hydrogen-bond donors (Lipinski definition) is 2. The van der Waals surface area contributed by atoms with Crippen LogP contribution in [0.5, 0.6) is 0 Å². The molecule has 0 aliphatic rings. The summed E-state index contributed by atoms with van der Waals surface area (Å²) in [6.07, 6.45) is 1.46. The number of nitrogens with one attached hydrogen (secondary N) is 2. The summed E-state index contributed by atoms with van der Waals surface area (Å²) < 4.78 is 1.94. The molecular formula is C21H17Cl3N4O2. The number of hydrazone groups is 1. The van der Waals surface area contributed by atoms with E-state index in [0.29, 0.717) is 20.8 Å². The molecular weight excluding hydrogens is 447 g/mol. The number of rotatable bonds is 4. The van der Waals surface area contributed by atoms with Crippen molar-refractivity contribution in [2.75, 3.05) is 5.32 Å². The van der Waals surface area contributed by atoms with Crippen LogP contribution in [0.4, 0.5) is 5.69 Å². The molecule has 0 spiro atoms. The first kappa shape index (κ1) is 21.9. The first-order chi connectivity index (χ1) is 14.3. The molecule has 1 aromatic heterocycles. The van der Waals surface area contributed by atoms with Crippen molar-refractivity contribution >= 4 is 58.5 Å². The summed E-state index contributed by atoms with van der Waals surface area (Å²) in [5.41, 5.74) is 5.91. The van der Waals surface area contributed by atoms with E-state index < -0.39 is 11.8 Å². The van der Waals surface area contributed by atoms with Crippen LogP contribution in [0, 0.1) is 13.8 Å². The molecule has 9 heteroatoms. The van der Waals surface area contributed by atoms with Gasteiger partial charge in [-0.05, 0) is 62.4 Å². The zero-order valence-electron chi connectivity index (χ0n) is 16.0. The van der Waals surface area contributed by atoms with Crippen LogP contribution in [0.3, 0.4) is 0 Å². The molecule has 2 N–H and O–H groups in total. The zero-order chi connectivity index (χ0) is 21.8. The molecule has 0 fully saturated rings. The summed E-state index contributed by atoms with van der Waals surface area (Å²) >= 11 is 18.2. The van der Waals surface area contributed by atoms with E-state index in [4.69, 9.17) is 34.8 Å². The van der Waals surface area contributed by atoms with Gasteiger partial charge in [-0.3, -0.25) is 9.59 Å². The van der Waals surface area contributed by atoms with Crippen molar-refractivity contribution in [3.05, 3.63) is 80.6 Å². The van der Waals surface area contributed by atoms with Crippen LogP contribution in [0.15, 0.2) is 53.6 Å². The number of halogens is 3. The van der Waals surface area contributed by atoms with Crippen LogP contribution in [0.2, 0.25) is 15.1 Å². The Labute approximate surface area is 188 Å². The molecule has 30 heavy (non-hydrogen) atoms. The third-order valence-electron chi connectivity index (χ3n) is 4.30. The number of nitrogens with zero attached hydrogens (tertiary/aromatic N) is 2. The fourth-order valence-corrected chi connectivity index (χ4v) is 3.37. The minimum atomic E-state index is -0.895. The van der Waals surface area contributed by atoms with Gasteiger partial charge in [0, 0.05) is 32.7 Å². The second kappa shape index (κ2) is 9.34. The molecule has 0 atom stereocenters. The van der Waals surface area contributed by atoms with Crippen molar-refractivity contribution in [3.8, 4) is 5.69 Å². The van der Waals surface area contributed by atoms with E-state index in [1.54, 1.807) is 42.5 Å². The van der Waals surface area contributed by atoms with Crippen LogP contribution < -0.4 is 10.7 Å². The lowest BCUT2D eigenvalue weighted by Crippen LogP contribution is -2.32. The van der Waals surface area contributed by atoms with Gasteiger partial charge in [0.1, 0.15) is 0 Å². The molecule has 3 rings (SSSR count). The topological polar surface area (TPSA) is 75.5 Å². The number of anilines is 1. The van der Waals surface area contributed by atoms with E-state index in [1.165, 1.54) is 6.21 Å². The average Bonchev–Trinajstić information content (AvgIpc) is 2.98. The predicted molar refractivity (Wildman–Crippen MR) is 121 cm³/mol. The summed E-state index contributed by atoms with van der Waals surface area (Å²) in [4.78, 5) is 23.9. The van der Waals surface area contributed by atoms with E-state index in [1.807, 2.05) is 24.5 Å². The van der Waals surface area contributed by atoms with Gasteiger partial charge in [-0.1, -0.05) is 34.8 Å². The molecule has 0 aliphatic heterocycles. The third-order valence-corrected chi connectivity index (χ3v) is 5.10. The lowest BCUT2D eigenvalue weighted by molar-refractivity contribution is -0.136. The maximum Gasteiger partial charge on any atom is 0.329 e. The third kappa shape index (κ3) is 5.02. The van der Waals surface area contributed by atoms with E-state index in [0.717, 1.165) is 22.6 Å². The summed E-state index contributed by atoms with van der Waals surface area (Å²) in [6.45, 7) is 3.81. The number of carbonyl (C=O) groups is 2. The van der Waals surface area contributed by atoms with Gasteiger partial charge < -0.3 is 9.88 Å². The summed E-state index contributed by atoms with van der Waals surface area (Å²) in [5, 5.41) is 7.99. The number of aryl methyl sites for hydroxylation is 1. The molecule has 3 aromatic rings. The monoisotopic (exact) mass is 462 g/mol. The molecule has 1 heterocycles. The Morgan fingerprint density at radius 1 is 0.933 bits per heavy atom. The first-order valence-electron chi connectivity index (χ1n) is 8.80. The standard InChI is InChI=1S/C21H17Cl3N4O2/c1-12-9-14(13(2)28(12)19-10-16(23)5-8-18(19)24)11-25-27-21(30)20(29)26-17-6-3-15(22)4-7-17/h3-11H,1-2H3,(H,26,29)(H,27,30)/b25-11-. The molecule has 0 saturated heterocycles. The molecule has 0 radical (unpaired) electrons. The summed E-state index contributed by atoms with van der Waals surface area (Å²) in [6, 6.07) is 13.5. The predicted octanol–water partition coefficient (Wildman–Crippen LogP) is 5.14. The van der Waals surface area contributed by atoms with Crippen molar-refractivity contribution < 1.29 is 9.59 Å². The second-order valence-corrected chi connectivity index (χ2v) is 7.70. The van der Waals surface area contributed by atoms with Crippen LogP contribution in [0.25, 0.3) is 5.69 Å².